The summed E-state index contributed by atoms with van der Waals surface area (Å²) in [4.78, 5) is 29.4. The second kappa shape index (κ2) is 5.14. The van der Waals surface area contributed by atoms with E-state index < -0.39 is 5.66 Å². The number of Topliss-reactive ketones (excluding diaryl/α,β-unsaturated/α-hetero) is 1. The highest BCUT2D eigenvalue weighted by Crippen LogP contribution is 2.34. The minimum absolute atomic E-state index is 0.0329. The summed E-state index contributed by atoms with van der Waals surface area (Å²) in [5.74, 6) is -0.105. The predicted molar refractivity (Wildman–Crippen MR) is 82.7 cm³/mol. The molecule has 6 heteroatoms. The number of likely N-dealkylation sites (N-methyl/N-ethyl adjacent to an activating group) is 2. The summed E-state index contributed by atoms with van der Waals surface area (Å²) in [7, 11) is 1.85. The van der Waals surface area contributed by atoms with Crippen molar-refractivity contribution >= 4 is 11.7 Å². The summed E-state index contributed by atoms with van der Waals surface area (Å²) in [6, 6.07) is 3.65. The van der Waals surface area contributed by atoms with Crippen molar-refractivity contribution in [2.24, 2.45) is 0 Å². The van der Waals surface area contributed by atoms with E-state index in [1.165, 1.54) is 6.92 Å². The van der Waals surface area contributed by atoms with Gasteiger partial charge in [0.25, 0.3) is 5.91 Å². The molecule has 3 heterocycles. The number of carbonyl (C=O) groups excluding carboxylic acids is 2. The number of H-pyrrole nitrogens is 1. The van der Waals surface area contributed by atoms with Gasteiger partial charge in [-0.25, -0.2) is 0 Å². The van der Waals surface area contributed by atoms with Crippen LogP contribution in [0.5, 0.6) is 0 Å². The average molecular weight is 300 g/mol. The molecular formula is C16H20N4O2. The number of ketones is 1. The van der Waals surface area contributed by atoms with Crippen molar-refractivity contribution < 1.29 is 9.59 Å². The normalized spacial score (nSPS) is 21.0. The maximum absolute atomic E-state index is 12.9. The average Bonchev–Trinajstić information content (AvgIpc) is 3.16. The number of hydrogen-bond donors (Lipinski definition) is 2. The molecular weight excluding hydrogens is 280 g/mol. The molecule has 0 spiro atoms. The van der Waals surface area contributed by atoms with Crippen LogP contribution in [0.4, 0.5) is 0 Å². The van der Waals surface area contributed by atoms with Gasteiger partial charge in [0.1, 0.15) is 11.4 Å². The molecule has 1 aliphatic heterocycles. The SMILES string of the molecule is CCN1C(=O)c2cc(C(C)=O)cn2CC1(NC)c1cc[nH]c1. The Morgan fingerprint density at radius 3 is 2.82 bits per heavy atom. The highest BCUT2D eigenvalue weighted by Gasteiger charge is 2.45. The van der Waals surface area contributed by atoms with Gasteiger partial charge in [-0.15, -0.1) is 0 Å². The van der Waals surface area contributed by atoms with E-state index in [9.17, 15) is 9.59 Å². The summed E-state index contributed by atoms with van der Waals surface area (Å²) >= 11 is 0. The molecule has 2 aromatic heterocycles. The van der Waals surface area contributed by atoms with Crippen molar-refractivity contribution in [1.29, 1.82) is 0 Å². The van der Waals surface area contributed by atoms with Gasteiger partial charge in [0.2, 0.25) is 0 Å². The van der Waals surface area contributed by atoms with Gasteiger partial charge in [0.05, 0.1) is 6.54 Å². The van der Waals surface area contributed by atoms with Crippen LogP contribution < -0.4 is 5.32 Å². The van der Waals surface area contributed by atoms with Gasteiger partial charge in [-0.2, -0.15) is 0 Å². The Morgan fingerprint density at radius 1 is 1.50 bits per heavy atom. The Balaban J connectivity index is 2.16. The molecule has 1 unspecified atom stereocenters. The highest BCUT2D eigenvalue weighted by molar-refractivity contribution is 6.00. The van der Waals surface area contributed by atoms with E-state index in [2.05, 4.69) is 10.3 Å². The first-order valence-electron chi connectivity index (χ1n) is 7.38. The van der Waals surface area contributed by atoms with Gasteiger partial charge >= 0.3 is 0 Å². The minimum atomic E-state index is -0.619. The molecule has 0 fully saturated rings. The second-order valence-corrected chi connectivity index (χ2v) is 5.56. The van der Waals surface area contributed by atoms with E-state index >= 15 is 0 Å². The van der Waals surface area contributed by atoms with Crippen LogP contribution in [0.25, 0.3) is 0 Å². The molecule has 0 aromatic carbocycles. The number of nitrogens with zero attached hydrogens (tertiary/aromatic N) is 2. The minimum Gasteiger partial charge on any atom is -0.367 e. The smallest absolute Gasteiger partial charge is 0.272 e. The van der Waals surface area contributed by atoms with E-state index in [1.807, 2.05) is 41.9 Å². The lowest BCUT2D eigenvalue weighted by Crippen LogP contribution is -2.62. The van der Waals surface area contributed by atoms with Crippen molar-refractivity contribution in [3.8, 4) is 0 Å². The van der Waals surface area contributed by atoms with Gasteiger partial charge < -0.3 is 14.5 Å². The molecule has 3 rings (SSSR count). The molecule has 1 aliphatic rings. The van der Waals surface area contributed by atoms with Gasteiger partial charge in [0.15, 0.2) is 5.78 Å². The first kappa shape index (κ1) is 14.6. The fourth-order valence-corrected chi connectivity index (χ4v) is 3.26. The number of aromatic amines is 1. The van der Waals surface area contributed by atoms with Crippen molar-refractivity contribution in [2.45, 2.75) is 26.1 Å². The first-order valence-corrected chi connectivity index (χ1v) is 7.38. The van der Waals surface area contributed by atoms with Crippen molar-refractivity contribution in [1.82, 2.24) is 19.8 Å². The summed E-state index contributed by atoms with van der Waals surface area (Å²) in [5.41, 5.74) is 1.51. The van der Waals surface area contributed by atoms with E-state index in [0.717, 1.165) is 5.56 Å². The summed E-state index contributed by atoms with van der Waals surface area (Å²) in [5, 5.41) is 3.31. The Kier molecular flexibility index (Phi) is 3.41. The summed E-state index contributed by atoms with van der Waals surface area (Å²) in [6.45, 7) is 4.61. The van der Waals surface area contributed by atoms with Gasteiger partial charge in [0, 0.05) is 36.3 Å². The van der Waals surface area contributed by atoms with E-state index in [1.54, 1.807) is 12.3 Å². The van der Waals surface area contributed by atoms with Crippen LogP contribution >= 0.6 is 0 Å². The van der Waals surface area contributed by atoms with Crippen LogP contribution in [0.3, 0.4) is 0 Å². The molecule has 1 amide bonds. The van der Waals surface area contributed by atoms with Crippen LogP contribution in [-0.2, 0) is 12.2 Å². The van der Waals surface area contributed by atoms with Crippen molar-refractivity contribution in [3.05, 3.63) is 47.5 Å². The maximum Gasteiger partial charge on any atom is 0.272 e. The third-order valence-corrected chi connectivity index (χ3v) is 4.43. The Hall–Kier alpha value is -2.34. The zero-order chi connectivity index (χ0) is 15.9. The summed E-state index contributed by atoms with van der Waals surface area (Å²) in [6.07, 6.45) is 5.51. The quantitative estimate of drug-likeness (QED) is 0.842. The topological polar surface area (TPSA) is 70.1 Å². The zero-order valence-electron chi connectivity index (χ0n) is 13.0. The van der Waals surface area contributed by atoms with Crippen LogP contribution in [0, 0.1) is 0 Å². The third-order valence-electron chi connectivity index (χ3n) is 4.43. The molecule has 0 radical (unpaired) electrons. The van der Waals surface area contributed by atoms with Crippen molar-refractivity contribution in [2.75, 3.05) is 13.6 Å². The highest BCUT2D eigenvalue weighted by atomic mass is 16.2. The molecule has 0 saturated carbocycles. The largest absolute Gasteiger partial charge is 0.367 e. The molecule has 22 heavy (non-hydrogen) atoms. The number of nitrogens with one attached hydrogen (secondary N) is 2. The van der Waals surface area contributed by atoms with Gasteiger partial charge in [-0.1, -0.05) is 0 Å². The molecule has 0 bridgehead atoms. The Morgan fingerprint density at radius 2 is 2.27 bits per heavy atom. The Bertz CT molecular complexity index is 717. The fraction of sp³-hybridized carbons (Fsp3) is 0.375. The van der Waals surface area contributed by atoms with Gasteiger partial charge in [-0.3, -0.25) is 14.9 Å². The van der Waals surface area contributed by atoms with Gasteiger partial charge in [-0.05, 0) is 33.0 Å². The zero-order valence-corrected chi connectivity index (χ0v) is 13.0. The lowest BCUT2D eigenvalue weighted by Gasteiger charge is -2.46. The number of carbonyl (C=O) groups is 2. The van der Waals surface area contributed by atoms with E-state index in [0.29, 0.717) is 24.3 Å². The van der Waals surface area contributed by atoms with E-state index in [-0.39, 0.29) is 11.7 Å². The first-order chi connectivity index (χ1) is 10.5. The third kappa shape index (κ3) is 1.91. The monoisotopic (exact) mass is 300 g/mol. The molecule has 0 saturated heterocycles. The number of fused-ring (bicyclic) bond motifs is 1. The number of aromatic nitrogens is 2. The number of amides is 1. The summed E-state index contributed by atoms with van der Waals surface area (Å²) < 4.78 is 1.87. The van der Waals surface area contributed by atoms with E-state index in [4.69, 9.17) is 0 Å². The van der Waals surface area contributed by atoms with Crippen LogP contribution in [0.1, 0.15) is 40.3 Å². The number of rotatable bonds is 4. The maximum atomic E-state index is 12.9. The number of hydrogen-bond acceptors (Lipinski definition) is 3. The van der Waals surface area contributed by atoms with Crippen LogP contribution in [0.15, 0.2) is 30.7 Å². The predicted octanol–water partition coefficient (Wildman–Crippen LogP) is 1.57. The molecule has 0 aliphatic carbocycles. The fourth-order valence-electron chi connectivity index (χ4n) is 3.26. The lowest BCUT2D eigenvalue weighted by atomic mass is 9.97. The standard InChI is InChI=1S/C16H20N4O2/c1-4-20-15(22)14-7-12(11(2)21)9-19(14)10-16(20,17-3)13-5-6-18-8-13/h5-9,17-18H,4,10H2,1-3H3. The lowest BCUT2D eigenvalue weighted by molar-refractivity contribution is 0.0196. The molecule has 1 atom stereocenters. The molecule has 6 nitrogen and oxygen atoms in total. The molecule has 2 N–H and O–H groups in total. The van der Waals surface area contributed by atoms with Crippen LogP contribution in [-0.4, -0.2) is 39.7 Å². The van der Waals surface area contributed by atoms with Crippen molar-refractivity contribution in [3.63, 3.8) is 0 Å². The second-order valence-electron chi connectivity index (χ2n) is 5.56. The molecule has 116 valence electrons. The Labute approximate surface area is 129 Å². The molecule has 2 aromatic rings. The van der Waals surface area contributed by atoms with Crippen LogP contribution in [0.2, 0.25) is 0 Å².